The van der Waals surface area contributed by atoms with Gasteiger partial charge in [-0.05, 0) is 39.2 Å². The van der Waals surface area contributed by atoms with Gasteiger partial charge in [-0.15, -0.1) is 0 Å². The SMILES string of the molecule is [N-]=[N+]=NCC(O)C(O)c1ccc(Cl)c(Br)c1. The molecule has 16 heavy (non-hydrogen) atoms. The number of rotatable bonds is 4. The summed E-state index contributed by atoms with van der Waals surface area (Å²) in [6.45, 7) is -0.183. The first-order chi connectivity index (χ1) is 7.56. The Morgan fingerprint density at radius 2 is 2.19 bits per heavy atom. The van der Waals surface area contributed by atoms with Crippen molar-refractivity contribution in [1.29, 1.82) is 0 Å². The van der Waals surface area contributed by atoms with Crippen molar-refractivity contribution in [3.63, 3.8) is 0 Å². The second-order valence-electron chi connectivity index (χ2n) is 3.10. The van der Waals surface area contributed by atoms with Crippen LogP contribution in [0.3, 0.4) is 0 Å². The van der Waals surface area contributed by atoms with Crippen LogP contribution in [0.5, 0.6) is 0 Å². The predicted molar refractivity (Wildman–Crippen MR) is 64.1 cm³/mol. The van der Waals surface area contributed by atoms with E-state index in [0.29, 0.717) is 15.1 Å². The van der Waals surface area contributed by atoms with Crippen molar-refractivity contribution in [2.45, 2.75) is 12.2 Å². The van der Waals surface area contributed by atoms with Crippen LogP contribution in [0.1, 0.15) is 11.7 Å². The summed E-state index contributed by atoms with van der Waals surface area (Å²) in [6.07, 6.45) is -2.25. The summed E-state index contributed by atoms with van der Waals surface area (Å²) in [4.78, 5) is 2.51. The Labute approximate surface area is 105 Å². The van der Waals surface area contributed by atoms with E-state index >= 15 is 0 Å². The molecule has 0 heterocycles. The lowest BCUT2D eigenvalue weighted by Crippen LogP contribution is -2.21. The quantitative estimate of drug-likeness (QED) is 0.509. The summed E-state index contributed by atoms with van der Waals surface area (Å²) in [5.74, 6) is 0. The van der Waals surface area contributed by atoms with Gasteiger partial charge in [0.1, 0.15) is 6.10 Å². The predicted octanol–water partition coefficient (Wildman–Crippen LogP) is 2.81. The molecule has 5 nitrogen and oxygen atoms in total. The number of azide groups is 1. The molecule has 1 aromatic rings. The van der Waals surface area contributed by atoms with Crippen molar-refractivity contribution in [2.24, 2.45) is 5.11 Å². The first-order valence-electron chi connectivity index (χ1n) is 4.38. The summed E-state index contributed by atoms with van der Waals surface area (Å²) in [5.41, 5.74) is 8.59. The zero-order chi connectivity index (χ0) is 12.1. The molecule has 2 unspecified atom stereocenters. The Morgan fingerprint density at radius 1 is 1.50 bits per heavy atom. The van der Waals surface area contributed by atoms with Gasteiger partial charge in [-0.3, -0.25) is 0 Å². The molecule has 1 aromatic carbocycles. The third-order valence-electron chi connectivity index (χ3n) is 1.98. The van der Waals surface area contributed by atoms with Crippen molar-refractivity contribution in [1.82, 2.24) is 0 Å². The molecule has 2 atom stereocenters. The summed E-state index contributed by atoms with van der Waals surface area (Å²) in [6, 6.07) is 4.80. The van der Waals surface area contributed by atoms with Gasteiger partial charge in [-0.25, -0.2) is 0 Å². The zero-order valence-electron chi connectivity index (χ0n) is 8.09. The van der Waals surface area contributed by atoms with E-state index in [9.17, 15) is 10.2 Å². The van der Waals surface area contributed by atoms with Crippen molar-refractivity contribution in [3.8, 4) is 0 Å². The third-order valence-corrected chi connectivity index (χ3v) is 3.20. The van der Waals surface area contributed by atoms with Crippen LogP contribution in [0.2, 0.25) is 5.02 Å². The number of nitrogens with zero attached hydrogens (tertiary/aromatic N) is 3. The van der Waals surface area contributed by atoms with Crippen molar-refractivity contribution >= 4 is 27.5 Å². The highest BCUT2D eigenvalue weighted by atomic mass is 79.9. The minimum Gasteiger partial charge on any atom is -0.390 e. The van der Waals surface area contributed by atoms with Gasteiger partial charge < -0.3 is 10.2 Å². The molecule has 0 fully saturated rings. The van der Waals surface area contributed by atoms with Crippen LogP contribution in [0.25, 0.3) is 10.4 Å². The van der Waals surface area contributed by atoms with Crippen LogP contribution in [0.4, 0.5) is 0 Å². The van der Waals surface area contributed by atoms with Gasteiger partial charge in [0, 0.05) is 9.38 Å². The van der Waals surface area contributed by atoms with E-state index in [1.807, 2.05) is 0 Å². The molecule has 1 rings (SSSR count). The molecule has 0 radical (unpaired) electrons. The van der Waals surface area contributed by atoms with Gasteiger partial charge in [0.25, 0.3) is 0 Å². The largest absolute Gasteiger partial charge is 0.390 e. The van der Waals surface area contributed by atoms with E-state index in [0.717, 1.165) is 0 Å². The summed E-state index contributed by atoms with van der Waals surface area (Å²) >= 11 is 9.00. The Bertz CT molecular complexity index is 423. The maximum Gasteiger partial charge on any atom is 0.105 e. The van der Waals surface area contributed by atoms with E-state index in [2.05, 4.69) is 26.0 Å². The van der Waals surface area contributed by atoms with Gasteiger partial charge >= 0.3 is 0 Å². The second-order valence-corrected chi connectivity index (χ2v) is 4.36. The highest BCUT2D eigenvalue weighted by Crippen LogP contribution is 2.27. The summed E-state index contributed by atoms with van der Waals surface area (Å²) in [7, 11) is 0. The Balaban J connectivity index is 2.82. The van der Waals surface area contributed by atoms with Crippen LogP contribution < -0.4 is 0 Å². The van der Waals surface area contributed by atoms with E-state index in [1.54, 1.807) is 18.2 Å². The molecule has 0 aliphatic heterocycles. The van der Waals surface area contributed by atoms with Gasteiger partial charge in [0.05, 0.1) is 17.7 Å². The molecule has 0 amide bonds. The fraction of sp³-hybridized carbons (Fsp3) is 0.333. The topological polar surface area (TPSA) is 89.2 Å². The maximum atomic E-state index is 9.73. The van der Waals surface area contributed by atoms with Gasteiger partial charge in [-0.2, -0.15) is 0 Å². The lowest BCUT2D eigenvalue weighted by molar-refractivity contribution is 0.0244. The number of hydrogen-bond donors (Lipinski definition) is 2. The van der Waals surface area contributed by atoms with Gasteiger partial charge in [0.15, 0.2) is 0 Å². The smallest absolute Gasteiger partial charge is 0.105 e. The average Bonchev–Trinajstić information content (AvgIpc) is 2.28. The zero-order valence-corrected chi connectivity index (χ0v) is 10.4. The van der Waals surface area contributed by atoms with E-state index < -0.39 is 12.2 Å². The number of halogens is 2. The first-order valence-corrected chi connectivity index (χ1v) is 5.55. The lowest BCUT2D eigenvalue weighted by Gasteiger charge is -2.16. The molecule has 2 N–H and O–H groups in total. The van der Waals surface area contributed by atoms with Gasteiger partial charge in [0.2, 0.25) is 0 Å². The van der Waals surface area contributed by atoms with E-state index in [1.165, 1.54) is 0 Å². The van der Waals surface area contributed by atoms with E-state index in [4.69, 9.17) is 17.1 Å². The summed E-state index contributed by atoms with van der Waals surface area (Å²) < 4.78 is 0.627. The summed E-state index contributed by atoms with van der Waals surface area (Å²) in [5, 5.41) is 22.9. The van der Waals surface area contributed by atoms with Crippen LogP contribution in [-0.2, 0) is 0 Å². The van der Waals surface area contributed by atoms with Crippen LogP contribution in [-0.4, -0.2) is 22.9 Å². The van der Waals surface area contributed by atoms with Crippen LogP contribution in [0, 0.1) is 0 Å². The standard InChI is InChI=1S/C9H9BrClN3O2/c10-6-3-5(1-2-7(6)11)9(16)8(15)4-13-14-12/h1-3,8-9,15-16H,4H2. The second kappa shape index (κ2) is 6.08. The average molecular weight is 307 g/mol. The molecular formula is C9H9BrClN3O2. The Kier molecular flexibility index (Phi) is 5.05. The molecular weight excluding hydrogens is 297 g/mol. The monoisotopic (exact) mass is 305 g/mol. The number of aliphatic hydroxyl groups is 2. The molecule has 0 aliphatic rings. The highest BCUT2D eigenvalue weighted by molar-refractivity contribution is 9.10. The number of benzene rings is 1. The number of aliphatic hydroxyl groups excluding tert-OH is 2. The van der Waals surface area contributed by atoms with Crippen molar-refractivity contribution in [2.75, 3.05) is 6.54 Å². The van der Waals surface area contributed by atoms with Crippen molar-refractivity contribution < 1.29 is 10.2 Å². The van der Waals surface area contributed by atoms with Gasteiger partial charge in [-0.1, -0.05) is 22.8 Å². The Hall–Kier alpha value is -0.780. The van der Waals surface area contributed by atoms with E-state index in [-0.39, 0.29) is 6.54 Å². The molecule has 0 bridgehead atoms. The molecule has 7 heteroatoms. The fourth-order valence-corrected chi connectivity index (χ4v) is 1.65. The minimum atomic E-state index is -1.14. The van der Waals surface area contributed by atoms with Crippen LogP contribution in [0.15, 0.2) is 27.8 Å². The maximum absolute atomic E-state index is 9.73. The molecule has 86 valence electrons. The number of hydrogen-bond acceptors (Lipinski definition) is 3. The molecule has 0 spiro atoms. The molecule has 0 aromatic heterocycles. The normalized spacial score (nSPS) is 14.0. The van der Waals surface area contributed by atoms with Crippen molar-refractivity contribution in [3.05, 3.63) is 43.7 Å². The molecule has 0 saturated carbocycles. The lowest BCUT2D eigenvalue weighted by atomic mass is 10.0. The Morgan fingerprint density at radius 3 is 2.75 bits per heavy atom. The van der Waals surface area contributed by atoms with Crippen LogP contribution >= 0.6 is 27.5 Å². The molecule has 0 aliphatic carbocycles. The minimum absolute atomic E-state index is 0.183. The molecule has 0 saturated heterocycles. The first kappa shape index (κ1) is 13.3. The third kappa shape index (κ3) is 3.37. The highest BCUT2D eigenvalue weighted by Gasteiger charge is 2.18. The fourth-order valence-electron chi connectivity index (χ4n) is 1.14.